The Morgan fingerprint density at radius 1 is 1.27 bits per heavy atom. The Labute approximate surface area is 132 Å². The molecule has 0 aliphatic carbocycles. The van der Waals surface area contributed by atoms with Gasteiger partial charge in [-0.25, -0.2) is 4.79 Å². The predicted molar refractivity (Wildman–Crippen MR) is 85.4 cm³/mol. The zero-order valence-electron chi connectivity index (χ0n) is 12.4. The summed E-state index contributed by atoms with van der Waals surface area (Å²) in [5.41, 5.74) is 0.993. The molecule has 2 aromatic rings. The highest BCUT2D eigenvalue weighted by molar-refractivity contribution is 7.08. The highest BCUT2D eigenvalue weighted by atomic mass is 32.1. The molecule has 0 bridgehead atoms. The molecule has 1 heterocycles. The van der Waals surface area contributed by atoms with E-state index < -0.39 is 18.0 Å². The molecule has 0 saturated heterocycles. The first kappa shape index (κ1) is 16.0. The molecule has 1 atom stereocenters. The van der Waals surface area contributed by atoms with Crippen LogP contribution < -0.4 is 10.1 Å². The van der Waals surface area contributed by atoms with E-state index in [1.54, 1.807) is 35.0 Å². The molecule has 1 N–H and O–H groups in total. The van der Waals surface area contributed by atoms with E-state index in [0.29, 0.717) is 23.6 Å². The van der Waals surface area contributed by atoms with Gasteiger partial charge >= 0.3 is 5.97 Å². The molecule has 0 spiro atoms. The number of anilines is 1. The second-order valence-corrected chi connectivity index (χ2v) is 5.26. The molecule has 0 unspecified atom stereocenters. The summed E-state index contributed by atoms with van der Waals surface area (Å²) in [6, 6.07) is 8.76. The van der Waals surface area contributed by atoms with E-state index in [0.717, 1.165) is 0 Å². The van der Waals surface area contributed by atoms with Crippen molar-refractivity contribution in [2.75, 3.05) is 11.9 Å². The van der Waals surface area contributed by atoms with Crippen LogP contribution in [0.5, 0.6) is 5.75 Å². The lowest BCUT2D eigenvalue weighted by Crippen LogP contribution is -2.30. The van der Waals surface area contributed by atoms with Crippen molar-refractivity contribution in [2.45, 2.75) is 20.0 Å². The number of esters is 1. The topological polar surface area (TPSA) is 64.6 Å². The Kier molecular flexibility index (Phi) is 5.55. The highest BCUT2D eigenvalue weighted by Crippen LogP contribution is 2.24. The van der Waals surface area contributed by atoms with Gasteiger partial charge in [0.1, 0.15) is 5.75 Å². The second-order valence-electron chi connectivity index (χ2n) is 4.48. The first-order valence-electron chi connectivity index (χ1n) is 6.87. The number of hydrogen-bond donors (Lipinski definition) is 1. The van der Waals surface area contributed by atoms with Crippen LogP contribution in [0, 0.1) is 0 Å². The zero-order valence-corrected chi connectivity index (χ0v) is 13.2. The molecule has 0 radical (unpaired) electrons. The first-order valence-corrected chi connectivity index (χ1v) is 7.82. The van der Waals surface area contributed by atoms with E-state index >= 15 is 0 Å². The van der Waals surface area contributed by atoms with Gasteiger partial charge in [-0.05, 0) is 37.4 Å². The smallest absolute Gasteiger partial charge is 0.339 e. The van der Waals surface area contributed by atoms with Crippen LogP contribution in [0.25, 0.3) is 0 Å². The van der Waals surface area contributed by atoms with Crippen LogP contribution in [-0.4, -0.2) is 24.6 Å². The molecule has 1 amide bonds. The van der Waals surface area contributed by atoms with Gasteiger partial charge in [-0.2, -0.15) is 11.3 Å². The Morgan fingerprint density at radius 2 is 2.05 bits per heavy atom. The minimum atomic E-state index is -0.901. The Morgan fingerprint density at radius 3 is 2.73 bits per heavy atom. The maximum absolute atomic E-state index is 12.1. The number of thiophene rings is 1. The maximum atomic E-state index is 12.1. The number of ether oxygens (including phenoxy) is 2. The molecule has 22 heavy (non-hydrogen) atoms. The predicted octanol–water partition coefficient (Wildman–Crippen LogP) is 3.33. The lowest BCUT2D eigenvalue weighted by molar-refractivity contribution is -0.123. The van der Waals surface area contributed by atoms with E-state index in [1.165, 1.54) is 18.3 Å². The Balaban J connectivity index is 1.98. The summed E-state index contributed by atoms with van der Waals surface area (Å²) in [7, 11) is 0. The van der Waals surface area contributed by atoms with Crippen LogP contribution in [0.2, 0.25) is 0 Å². The van der Waals surface area contributed by atoms with E-state index in [4.69, 9.17) is 9.47 Å². The molecule has 5 nitrogen and oxygen atoms in total. The Bertz CT molecular complexity index is 639. The SMILES string of the molecule is CCOc1ccccc1NC(=O)[C@@H](C)OC(=O)c1ccsc1. The zero-order chi connectivity index (χ0) is 15.9. The third-order valence-corrected chi connectivity index (χ3v) is 3.54. The maximum Gasteiger partial charge on any atom is 0.339 e. The average molecular weight is 319 g/mol. The average Bonchev–Trinajstić information content (AvgIpc) is 3.03. The molecule has 0 aliphatic heterocycles. The van der Waals surface area contributed by atoms with Crippen molar-refractivity contribution in [1.29, 1.82) is 0 Å². The molecular formula is C16H17NO4S. The van der Waals surface area contributed by atoms with Crippen molar-refractivity contribution in [1.82, 2.24) is 0 Å². The third-order valence-electron chi connectivity index (χ3n) is 2.85. The Hall–Kier alpha value is -2.34. The van der Waals surface area contributed by atoms with Crippen LogP contribution in [0.3, 0.4) is 0 Å². The van der Waals surface area contributed by atoms with Crippen LogP contribution in [0.15, 0.2) is 41.1 Å². The fraction of sp³-hybridized carbons (Fsp3) is 0.250. The minimum Gasteiger partial charge on any atom is -0.492 e. The van der Waals surface area contributed by atoms with Gasteiger partial charge in [0, 0.05) is 5.38 Å². The first-order chi connectivity index (χ1) is 10.6. The van der Waals surface area contributed by atoms with Gasteiger partial charge in [-0.1, -0.05) is 12.1 Å². The fourth-order valence-electron chi connectivity index (χ4n) is 1.75. The monoisotopic (exact) mass is 319 g/mol. The van der Waals surface area contributed by atoms with Crippen molar-refractivity contribution in [2.24, 2.45) is 0 Å². The fourth-order valence-corrected chi connectivity index (χ4v) is 2.37. The standard InChI is InChI=1S/C16H17NO4S/c1-3-20-14-7-5-4-6-13(14)17-15(18)11(2)21-16(19)12-8-9-22-10-12/h4-11H,3H2,1-2H3,(H,17,18)/t11-/m1/s1. The van der Waals surface area contributed by atoms with Crippen molar-refractivity contribution in [3.8, 4) is 5.75 Å². The molecule has 116 valence electrons. The van der Waals surface area contributed by atoms with E-state index in [9.17, 15) is 9.59 Å². The minimum absolute atomic E-state index is 0.407. The summed E-state index contributed by atoms with van der Waals surface area (Å²) >= 11 is 1.40. The number of hydrogen-bond acceptors (Lipinski definition) is 5. The lowest BCUT2D eigenvalue weighted by atomic mass is 10.2. The molecule has 0 saturated carbocycles. The molecule has 6 heteroatoms. The summed E-state index contributed by atoms with van der Waals surface area (Å²) < 4.78 is 10.6. The summed E-state index contributed by atoms with van der Waals surface area (Å²) in [5, 5.41) is 6.16. The normalized spacial score (nSPS) is 11.5. The van der Waals surface area contributed by atoms with Gasteiger partial charge in [0.15, 0.2) is 6.10 Å². The van der Waals surface area contributed by atoms with Gasteiger partial charge in [0.25, 0.3) is 5.91 Å². The number of amides is 1. The molecule has 1 aromatic heterocycles. The number of carbonyl (C=O) groups excluding carboxylic acids is 2. The van der Waals surface area contributed by atoms with E-state index in [2.05, 4.69) is 5.32 Å². The number of benzene rings is 1. The largest absolute Gasteiger partial charge is 0.492 e. The van der Waals surface area contributed by atoms with Gasteiger partial charge in [-0.15, -0.1) is 0 Å². The lowest BCUT2D eigenvalue weighted by Gasteiger charge is -2.15. The van der Waals surface area contributed by atoms with Gasteiger partial charge in [0.05, 0.1) is 17.9 Å². The molecule has 1 aromatic carbocycles. The summed E-state index contributed by atoms with van der Waals surface area (Å²) in [6.45, 7) is 3.89. The quantitative estimate of drug-likeness (QED) is 0.830. The van der Waals surface area contributed by atoms with Crippen molar-refractivity contribution in [3.63, 3.8) is 0 Å². The van der Waals surface area contributed by atoms with Gasteiger partial charge in [0.2, 0.25) is 0 Å². The van der Waals surface area contributed by atoms with Crippen LogP contribution in [-0.2, 0) is 9.53 Å². The van der Waals surface area contributed by atoms with Crippen molar-refractivity contribution >= 4 is 28.9 Å². The van der Waals surface area contributed by atoms with Crippen LogP contribution in [0.4, 0.5) is 5.69 Å². The number of nitrogens with one attached hydrogen (secondary N) is 1. The summed E-state index contributed by atoms with van der Waals surface area (Å²) in [5.74, 6) is -0.340. The number of carbonyl (C=O) groups is 2. The number of para-hydroxylation sites is 2. The molecule has 2 rings (SSSR count). The molecule has 0 fully saturated rings. The third kappa shape index (κ3) is 4.08. The van der Waals surface area contributed by atoms with Crippen LogP contribution >= 0.6 is 11.3 Å². The van der Waals surface area contributed by atoms with E-state index in [-0.39, 0.29) is 0 Å². The van der Waals surface area contributed by atoms with E-state index in [1.807, 2.05) is 13.0 Å². The molecule has 0 aliphatic rings. The van der Waals surface area contributed by atoms with Gasteiger partial charge < -0.3 is 14.8 Å². The molecular weight excluding hydrogens is 302 g/mol. The van der Waals surface area contributed by atoms with Crippen LogP contribution in [0.1, 0.15) is 24.2 Å². The second kappa shape index (κ2) is 7.61. The highest BCUT2D eigenvalue weighted by Gasteiger charge is 2.20. The summed E-state index contributed by atoms with van der Waals surface area (Å²) in [6.07, 6.45) is -0.901. The number of rotatable bonds is 6. The van der Waals surface area contributed by atoms with Gasteiger partial charge in [-0.3, -0.25) is 4.79 Å². The summed E-state index contributed by atoms with van der Waals surface area (Å²) in [4.78, 5) is 24.0. The van der Waals surface area contributed by atoms with Crippen molar-refractivity contribution in [3.05, 3.63) is 46.7 Å². The van der Waals surface area contributed by atoms with Crippen molar-refractivity contribution < 1.29 is 19.1 Å².